The van der Waals surface area contributed by atoms with Crippen LogP contribution in [0.5, 0.6) is 0 Å². The Bertz CT molecular complexity index is 1300. The first-order valence-electron chi connectivity index (χ1n) is 9.99. The molecule has 1 amide bonds. The smallest absolute Gasteiger partial charge is 0.336 e. The van der Waals surface area contributed by atoms with Gasteiger partial charge >= 0.3 is 5.97 Å². The molecule has 33 heavy (non-hydrogen) atoms. The largest absolute Gasteiger partial charge is 0.478 e. The van der Waals surface area contributed by atoms with Crippen LogP contribution in [0.4, 0.5) is 5.69 Å². The van der Waals surface area contributed by atoms with E-state index in [0.717, 1.165) is 9.87 Å². The molecule has 0 radical (unpaired) electrons. The minimum atomic E-state index is -4.04. The van der Waals surface area contributed by atoms with E-state index in [0.29, 0.717) is 16.8 Å². The Balaban J connectivity index is 1.87. The third-order valence-corrected chi connectivity index (χ3v) is 6.64. The predicted octanol–water partition coefficient (Wildman–Crippen LogP) is 3.35. The third kappa shape index (κ3) is 5.64. The molecule has 8 nitrogen and oxygen atoms in total. The van der Waals surface area contributed by atoms with Gasteiger partial charge in [-0.05, 0) is 43.7 Å². The molecule has 2 N–H and O–H groups in total. The van der Waals surface area contributed by atoms with Gasteiger partial charge in [0.15, 0.2) is 0 Å². The number of carbonyl (C=O) groups is 2. The Morgan fingerprint density at radius 2 is 1.61 bits per heavy atom. The third-order valence-electron chi connectivity index (χ3n) is 4.86. The molecule has 0 unspecified atom stereocenters. The first-order valence-corrected chi connectivity index (χ1v) is 11.4. The van der Waals surface area contributed by atoms with Gasteiger partial charge in [-0.3, -0.25) is 9.10 Å². The van der Waals surface area contributed by atoms with Crippen molar-refractivity contribution in [3.05, 3.63) is 95.1 Å². The van der Waals surface area contributed by atoms with Crippen molar-refractivity contribution >= 4 is 33.8 Å². The number of carbonyl (C=O) groups excluding carboxylic acids is 1. The number of aromatic carboxylic acids is 1. The van der Waals surface area contributed by atoms with Crippen molar-refractivity contribution in [3.8, 4) is 0 Å². The summed E-state index contributed by atoms with van der Waals surface area (Å²) < 4.78 is 27.8. The van der Waals surface area contributed by atoms with E-state index < -0.39 is 28.4 Å². The minimum absolute atomic E-state index is 0.0268. The van der Waals surface area contributed by atoms with E-state index in [-0.39, 0.29) is 10.5 Å². The summed E-state index contributed by atoms with van der Waals surface area (Å²) >= 11 is 0. The summed E-state index contributed by atoms with van der Waals surface area (Å²) in [6.45, 7) is 3.09. The Kier molecular flexibility index (Phi) is 7.24. The van der Waals surface area contributed by atoms with Crippen molar-refractivity contribution in [2.75, 3.05) is 10.8 Å². The van der Waals surface area contributed by atoms with Gasteiger partial charge in [-0.15, -0.1) is 0 Å². The number of carboxylic acids is 1. The summed E-state index contributed by atoms with van der Waals surface area (Å²) in [6, 6.07) is 19.4. The lowest BCUT2D eigenvalue weighted by atomic mass is 10.1. The van der Waals surface area contributed by atoms with Gasteiger partial charge < -0.3 is 5.11 Å². The number of benzene rings is 3. The zero-order valence-electron chi connectivity index (χ0n) is 18.1. The molecule has 170 valence electrons. The number of aryl methyl sites for hydroxylation is 2. The molecule has 0 aromatic heterocycles. The van der Waals surface area contributed by atoms with Crippen LogP contribution < -0.4 is 9.73 Å². The monoisotopic (exact) mass is 465 g/mol. The van der Waals surface area contributed by atoms with Gasteiger partial charge in [0.05, 0.1) is 22.4 Å². The average molecular weight is 466 g/mol. The van der Waals surface area contributed by atoms with Crippen LogP contribution in [0, 0.1) is 13.8 Å². The van der Waals surface area contributed by atoms with E-state index in [1.54, 1.807) is 61.5 Å². The lowest BCUT2D eigenvalue weighted by molar-refractivity contribution is -0.119. The van der Waals surface area contributed by atoms with Crippen molar-refractivity contribution in [2.24, 2.45) is 5.10 Å². The molecule has 0 aliphatic carbocycles. The normalized spacial score (nSPS) is 11.3. The highest BCUT2D eigenvalue weighted by molar-refractivity contribution is 7.92. The van der Waals surface area contributed by atoms with Crippen LogP contribution in [-0.2, 0) is 14.8 Å². The highest BCUT2D eigenvalue weighted by atomic mass is 32.2. The number of sulfonamides is 1. The van der Waals surface area contributed by atoms with Gasteiger partial charge in [0.25, 0.3) is 15.9 Å². The fourth-order valence-electron chi connectivity index (χ4n) is 3.12. The maximum Gasteiger partial charge on any atom is 0.336 e. The fourth-order valence-corrected chi connectivity index (χ4v) is 4.61. The van der Waals surface area contributed by atoms with E-state index in [2.05, 4.69) is 10.5 Å². The SMILES string of the molecule is Cc1ccc(S(=O)(=O)N(CC(=O)N/N=C\c2ccccc2C(=O)O)c2ccccc2C)cc1. The number of rotatable bonds is 8. The molecule has 0 saturated heterocycles. The summed E-state index contributed by atoms with van der Waals surface area (Å²) in [5.74, 6) is -1.81. The summed E-state index contributed by atoms with van der Waals surface area (Å²) in [6.07, 6.45) is 1.20. The zero-order chi connectivity index (χ0) is 24.0. The van der Waals surface area contributed by atoms with Gasteiger partial charge in [0.2, 0.25) is 0 Å². The van der Waals surface area contributed by atoms with Gasteiger partial charge in [-0.1, -0.05) is 54.1 Å². The van der Waals surface area contributed by atoms with Crippen LogP contribution in [-0.4, -0.2) is 38.2 Å². The Labute approximate surface area is 192 Å². The first kappa shape index (κ1) is 23.7. The van der Waals surface area contributed by atoms with Crippen LogP contribution in [0.1, 0.15) is 27.0 Å². The van der Waals surface area contributed by atoms with Crippen molar-refractivity contribution in [1.29, 1.82) is 0 Å². The topological polar surface area (TPSA) is 116 Å². The molecule has 3 aromatic carbocycles. The quantitative estimate of drug-likeness (QED) is 0.391. The summed E-state index contributed by atoms with van der Waals surface area (Å²) in [5.41, 5.74) is 4.56. The van der Waals surface area contributed by atoms with E-state index in [1.165, 1.54) is 24.4 Å². The average Bonchev–Trinajstić information content (AvgIpc) is 2.78. The van der Waals surface area contributed by atoms with Crippen LogP contribution in [0.3, 0.4) is 0 Å². The second-order valence-corrected chi connectivity index (χ2v) is 9.16. The van der Waals surface area contributed by atoms with Crippen molar-refractivity contribution < 1.29 is 23.1 Å². The number of hydrogen-bond donors (Lipinski definition) is 2. The molecule has 0 fully saturated rings. The maximum atomic E-state index is 13.4. The van der Waals surface area contributed by atoms with Crippen molar-refractivity contribution in [3.63, 3.8) is 0 Å². The van der Waals surface area contributed by atoms with E-state index in [4.69, 9.17) is 0 Å². The van der Waals surface area contributed by atoms with E-state index in [1.807, 2.05) is 6.92 Å². The number of carboxylic acid groups (broad SMARTS) is 1. The number of para-hydroxylation sites is 1. The summed E-state index contributed by atoms with van der Waals surface area (Å²) in [5, 5.41) is 13.0. The van der Waals surface area contributed by atoms with Crippen molar-refractivity contribution in [1.82, 2.24) is 5.43 Å². The summed E-state index contributed by atoms with van der Waals surface area (Å²) in [4.78, 5) is 24.0. The van der Waals surface area contributed by atoms with Crippen LogP contribution in [0.15, 0.2) is 82.8 Å². The number of anilines is 1. The molecule has 9 heteroatoms. The van der Waals surface area contributed by atoms with Gasteiger partial charge in [-0.25, -0.2) is 18.6 Å². The first-order chi connectivity index (χ1) is 15.7. The highest BCUT2D eigenvalue weighted by Gasteiger charge is 2.28. The molecule has 0 atom stereocenters. The Morgan fingerprint density at radius 3 is 2.27 bits per heavy atom. The van der Waals surface area contributed by atoms with Gasteiger partial charge in [-0.2, -0.15) is 5.10 Å². The van der Waals surface area contributed by atoms with Gasteiger partial charge in [0.1, 0.15) is 6.54 Å². The second kappa shape index (κ2) is 10.1. The van der Waals surface area contributed by atoms with E-state index in [9.17, 15) is 23.1 Å². The lowest BCUT2D eigenvalue weighted by Gasteiger charge is -2.25. The number of hydrazone groups is 1. The highest BCUT2D eigenvalue weighted by Crippen LogP contribution is 2.26. The Hall–Kier alpha value is -3.98. The minimum Gasteiger partial charge on any atom is -0.478 e. The molecule has 0 saturated carbocycles. The number of amides is 1. The lowest BCUT2D eigenvalue weighted by Crippen LogP contribution is -2.40. The number of nitrogens with zero attached hydrogens (tertiary/aromatic N) is 2. The molecule has 0 spiro atoms. The van der Waals surface area contributed by atoms with Gasteiger partial charge in [0, 0.05) is 5.56 Å². The summed E-state index contributed by atoms with van der Waals surface area (Å²) in [7, 11) is -4.04. The van der Waals surface area contributed by atoms with Crippen LogP contribution in [0.25, 0.3) is 0 Å². The standard InChI is InChI=1S/C24H23N3O5S/c1-17-11-13-20(14-12-17)33(31,32)27(22-10-6-3-7-18(22)2)16-23(28)26-25-15-19-8-4-5-9-21(19)24(29)30/h3-15H,16H2,1-2H3,(H,26,28)(H,29,30)/b25-15-. The van der Waals surface area contributed by atoms with Crippen LogP contribution in [0.2, 0.25) is 0 Å². The molecule has 0 bridgehead atoms. The number of nitrogens with one attached hydrogen (secondary N) is 1. The molecular weight excluding hydrogens is 442 g/mol. The van der Waals surface area contributed by atoms with E-state index >= 15 is 0 Å². The van der Waals surface area contributed by atoms with Crippen molar-refractivity contribution in [2.45, 2.75) is 18.7 Å². The molecule has 3 aromatic rings. The molecular formula is C24H23N3O5S. The zero-order valence-corrected chi connectivity index (χ0v) is 18.9. The molecule has 0 aliphatic heterocycles. The molecule has 0 heterocycles. The second-order valence-electron chi connectivity index (χ2n) is 7.30. The predicted molar refractivity (Wildman–Crippen MR) is 126 cm³/mol. The van der Waals surface area contributed by atoms with Crippen LogP contribution >= 0.6 is 0 Å². The molecule has 3 rings (SSSR count). The fraction of sp³-hybridized carbons (Fsp3) is 0.125. The molecule has 0 aliphatic rings. The Morgan fingerprint density at radius 1 is 0.970 bits per heavy atom. The number of hydrogen-bond acceptors (Lipinski definition) is 5. The maximum absolute atomic E-state index is 13.4.